The maximum absolute atomic E-state index is 13.3. The minimum absolute atomic E-state index is 0.224. The van der Waals surface area contributed by atoms with Crippen molar-refractivity contribution in [2.75, 3.05) is 0 Å². The molecule has 1 aromatic heterocycles. The van der Waals surface area contributed by atoms with Gasteiger partial charge in [0.1, 0.15) is 11.6 Å². The van der Waals surface area contributed by atoms with Gasteiger partial charge in [-0.15, -0.1) is 0 Å². The first-order chi connectivity index (χ1) is 11.5. The molecule has 0 radical (unpaired) electrons. The highest BCUT2D eigenvalue weighted by Crippen LogP contribution is 2.29. The predicted octanol–water partition coefficient (Wildman–Crippen LogP) is 3.74. The number of halogens is 1. The number of benzene rings is 2. The van der Waals surface area contributed by atoms with E-state index in [2.05, 4.69) is 9.97 Å². The highest BCUT2D eigenvalue weighted by molar-refractivity contribution is 5.79. The molecule has 0 aliphatic heterocycles. The second-order valence-electron chi connectivity index (χ2n) is 5.89. The molecule has 124 valence electrons. The van der Waals surface area contributed by atoms with Crippen molar-refractivity contribution in [3.05, 3.63) is 64.2 Å². The molecular formula is C19H19FN2O2. The second-order valence-corrected chi connectivity index (χ2v) is 5.89. The summed E-state index contributed by atoms with van der Waals surface area (Å²) in [6.07, 6.45) is 1.25. The largest absolute Gasteiger partial charge is 0.385 e. The van der Waals surface area contributed by atoms with E-state index in [-0.39, 0.29) is 10.9 Å². The van der Waals surface area contributed by atoms with E-state index in [0.29, 0.717) is 24.2 Å². The molecule has 4 nitrogen and oxygen atoms in total. The van der Waals surface area contributed by atoms with Gasteiger partial charge < -0.3 is 10.1 Å². The number of nitrogens with zero attached hydrogens (tertiary/aromatic N) is 1. The molecule has 0 amide bonds. The Morgan fingerprint density at radius 3 is 2.42 bits per heavy atom. The highest BCUT2D eigenvalue weighted by atomic mass is 19.1. The smallest absolute Gasteiger partial charge is 0.259 e. The van der Waals surface area contributed by atoms with E-state index in [0.717, 1.165) is 11.1 Å². The average molecular weight is 326 g/mol. The molecule has 5 heteroatoms. The van der Waals surface area contributed by atoms with Crippen LogP contribution in [-0.2, 0) is 5.60 Å². The fourth-order valence-electron chi connectivity index (χ4n) is 2.84. The molecule has 0 unspecified atom stereocenters. The quantitative estimate of drug-likeness (QED) is 0.767. The van der Waals surface area contributed by atoms with Crippen molar-refractivity contribution < 1.29 is 9.50 Å². The number of hydrogen-bond donors (Lipinski definition) is 2. The van der Waals surface area contributed by atoms with E-state index in [4.69, 9.17) is 0 Å². The van der Waals surface area contributed by atoms with Crippen LogP contribution in [0.1, 0.15) is 32.3 Å². The summed E-state index contributed by atoms with van der Waals surface area (Å²) in [6, 6.07) is 11.3. The van der Waals surface area contributed by atoms with Crippen LogP contribution in [0.3, 0.4) is 0 Å². The molecule has 0 bridgehead atoms. The van der Waals surface area contributed by atoms with Gasteiger partial charge in [0.05, 0.1) is 16.5 Å². The topological polar surface area (TPSA) is 66.0 Å². The van der Waals surface area contributed by atoms with Crippen molar-refractivity contribution in [3.8, 4) is 11.4 Å². The van der Waals surface area contributed by atoms with E-state index in [1.165, 1.54) is 18.2 Å². The Balaban J connectivity index is 2.05. The van der Waals surface area contributed by atoms with E-state index < -0.39 is 11.4 Å². The van der Waals surface area contributed by atoms with Gasteiger partial charge in [-0.1, -0.05) is 38.1 Å². The molecular weight excluding hydrogens is 307 g/mol. The summed E-state index contributed by atoms with van der Waals surface area (Å²) >= 11 is 0. The van der Waals surface area contributed by atoms with Gasteiger partial charge in [0.2, 0.25) is 0 Å². The molecule has 3 rings (SSSR count). The lowest BCUT2D eigenvalue weighted by atomic mass is 9.88. The van der Waals surface area contributed by atoms with Gasteiger partial charge in [-0.2, -0.15) is 0 Å². The van der Waals surface area contributed by atoms with Crippen LogP contribution < -0.4 is 5.56 Å². The van der Waals surface area contributed by atoms with Crippen molar-refractivity contribution in [1.82, 2.24) is 9.97 Å². The zero-order valence-corrected chi connectivity index (χ0v) is 13.6. The number of fused-ring (bicyclic) bond motifs is 1. The fourth-order valence-corrected chi connectivity index (χ4v) is 2.84. The Bertz CT molecular complexity index is 928. The monoisotopic (exact) mass is 326 g/mol. The Hall–Kier alpha value is -2.53. The van der Waals surface area contributed by atoms with Crippen LogP contribution in [0.4, 0.5) is 4.39 Å². The third-order valence-corrected chi connectivity index (χ3v) is 4.53. The molecule has 2 N–H and O–H groups in total. The lowest BCUT2D eigenvalue weighted by molar-refractivity contribution is 0.0284. The number of aromatic amines is 1. The predicted molar refractivity (Wildman–Crippen MR) is 92.2 cm³/mol. The Morgan fingerprint density at radius 2 is 1.79 bits per heavy atom. The van der Waals surface area contributed by atoms with Gasteiger partial charge in [0, 0.05) is 5.56 Å². The van der Waals surface area contributed by atoms with E-state index in [9.17, 15) is 14.3 Å². The molecule has 0 aliphatic carbocycles. The first kappa shape index (κ1) is 16.3. The van der Waals surface area contributed by atoms with Crippen LogP contribution >= 0.6 is 0 Å². The molecule has 3 aromatic rings. The van der Waals surface area contributed by atoms with Crippen molar-refractivity contribution in [1.29, 1.82) is 0 Å². The van der Waals surface area contributed by atoms with Crippen molar-refractivity contribution in [3.63, 3.8) is 0 Å². The zero-order chi connectivity index (χ0) is 17.3. The molecule has 0 spiro atoms. The van der Waals surface area contributed by atoms with Crippen LogP contribution in [-0.4, -0.2) is 15.1 Å². The number of aliphatic hydroxyl groups is 1. The minimum Gasteiger partial charge on any atom is -0.385 e. The second kappa shape index (κ2) is 6.17. The van der Waals surface area contributed by atoms with Gasteiger partial charge in [-0.3, -0.25) is 4.79 Å². The minimum atomic E-state index is -0.847. The molecule has 0 saturated heterocycles. The number of rotatable bonds is 4. The van der Waals surface area contributed by atoms with Gasteiger partial charge in [0.15, 0.2) is 0 Å². The van der Waals surface area contributed by atoms with Gasteiger partial charge >= 0.3 is 0 Å². The SMILES string of the molecule is CCC(O)(CC)c1ccc(-c2nc3ccc(F)cc3c(=O)[nH]2)cc1. The Kier molecular flexibility index (Phi) is 4.20. The summed E-state index contributed by atoms with van der Waals surface area (Å²) in [5.41, 5.74) is 0.786. The first-order valence-electron chi connectivity index (χ1n) is 7.99. The van der Waals surface area contributed by atoms with Crippen LogP contribution in [0.5, 0.6) is 0 Å². The molecule has 0 atom stereocenters. The summed E-state index contributed by atoms with van der Waals surface area (Å²) < 4.78 is 13.3. The fraction of sp³-hybridized carbons (Fsp3) is 0.263. The summed E-state index contributed by atoms with van der Waals surface area (Å²) in [7, 11) is 0. The summed E-state index contributed by atoms with van der Waals surface area (Å²) in [6.45, 7) is 3.89. The zero-order valence-electron chi connectivity index (χ0n) is 13.6. The lowest BCUT2D eigenvalue weighted by Gasteiger charge is -2.25. The maximum Gasteiger partial charge on any atom is 0.259 e. The Morgan fingerprint density at radius 1 is 1.12 bits per heavy atom. The van der Waals surface area contributed by atoms with Crippen molar-refractivity contribution >= 4 is 10.9 Å². The van der Waals surface area contributed by atoms with Gasteiger partial charge in [-0.25, -0.2) is 9.37 Å². The number of aromatic nitrogens is 2. The molecule has 0 aliphatic rings. The highest BCUT2D eigenvalue weighted by Gasteiger charge is 2.24. The Labute approximate surface area is 139 Å². The van der Waals surface area contributed by atoms with Crippen LogP contribution in [0.15, 0.2) is 47.3 Å². The van der Waals surface area contributed by atoms with Crippen LogP contribution in [0.25, 0.3) is 22.3 Å². The van der Waals surface area contributed by atoms with E-state index >= 15 is 0 Å². The normalized spacial score (nSPS) is 11.8. The maximum atomic E-state index is 13.3. The van der Waals surface area contributed by atoms with E-state index in [1.807, 2.05) is 38.1 Å². The summed E-state index contributed by atoms with van der Waals surface area (Å²) in [5.74, 6) is -0.0486. The average Bonchev–Trinajstić information content (AvgIpc) is 2.61. The molecule has 24 heavy (non-hydrogen) atoms. The van der Waals surface area contributed by atoms with Crippen LogP contribution in [0, 0.1) is 5.82 Å². The molecule has 1 heterocycles. The first-order valence-corrected chi connectivity index (χ1v) is 7.99. The summed E-state index contributed by atoms with van der Waals surface area (Å²) in [4.78, 5) is 19.2. The van der Waals surface area contributed by atoms with Crippen molar-refractivity contribution in [2.45, 2.75) is 32.3 Å². The van der Waals surface area contributed by atoms with Gasteiger partial charge in [0.25, 0.3) is 5.56 Å². The number of hydrogen-bond acceptors (Lipinski definition) is 3. The van der Waals surface area contributed by atoms with Gasteiger partial charge in [-0.05, 0) is 36.6 Å². The molecule has 2 aromatic carbocycles. The molecule has 0 fully saturated rings. The number of H-pyrrole nitrogens is 1. The third kappa shape index (κ3) is 2.83. The van der Waals surface area contributed by atoms with Crippen LogP contribution in [0.2, 0.25) is 0 Å². The molecule has 0 saturated carbocycles. The lowest BCUT2D eigenvalue weighted by Crippen LogP contribution is -2.23. The van der Waals surface area contributed by atoms with Crippen molar-refractivity contribution in [2.24, 2.45) is 0 Å². The number of nitrogens with one attached hydrogen (secondary N) is 1. The third-order valence-electron chi connectivity index (χ3n) is 4.53. The standard InChI is InChI=1S/C19H19FN2O2/c1-3-19(24,4-2)13-7-5-12(6-8-13)17-21-16-10-9-14(20)11-15(16)18(23)22-17/h5-11,24H,3-4H2,1-2H3,(H,21,22,23). The summed E-state index contributed by atoms with van der Waals surface area (Å²) in [5, 5.41) is 10.8. The van der Waals surface area contributed by atoms with E-state index in [1.54, 1.807) is 0 Å².